The Morgan fingerprint density at radius 1 is 1.25 bits per heavy atom. The second-order valence-corrected chi connectivity index (χ2v) is 4.46. The molecular weight excluding hydrogens is 222 g/mol. The van der Waals surface area contributed by atoms with E-state index >= 15 is 0 Å². The molecule has 0 saturated carbocycles. The van der Waals surface area contributed by atoms with E-state index in [1.54, 1.807) is 0 Å². The number of hydrogen-bond acceptors (Lipinski definition) is 2. The van der Waals surface area contributed by atoms with E-state index in [9.17, 15) is 0 Å². The van der Waals surface area contributed by atoms with Crippen molar-refractivity contribution in [2.45, 2.75) is 39.3 Å². The van der Waals surface area contributed by atoms with Crippen LogP contribution in [0.15, 0.2) is 24.3 Å². The lowest BCUT2D eigenvalue weighted by atomic mass is 10.2. The molecule has 0 aliphatic rings. The van der Waals surface area contributed by atoms with Gasteiger partial charge in [0.15, 0.2) is 0 Å². The number of nitrogens with one attached hydrogen (secondary N) is 1. The number of hydrogen-bond donors (Lipinski definition) is 1. The molecule has 1 aromatic carbocycles. The van der Waals surface area contributed by atoms with Crippen LogP contribution in [0.5, 0.6) is 5.75 Å². The van der Waals surface area contributed by atoms with Crippen molar-refractivity contribution >= 4 is 11.6 Å². The van der Waals surface area contributed by atoms with E-state index in [1.165, 1.54) is 0 Å². The second-order valence-electron chi connectivity index (χ2n) is 4.02. The molecule has 0 aromatic heterocycles. The van der Waals surface area contributed by atoms with E-state index in [0.29, 0.717) is 6.04 Å². The van der Waals surface area contributed by atoms with Crippen molar-refractivity contribution in [2.24, 2.45) is 0 Å². The van der Waals surface area contributed by atoms with Crippen molar-refractivity contribution in [2.75, 3.05) is 6.54 Å². The minimum Gasteiger partial charge on any atom is -0.489 e. The lowest BCUT2D eigenvalue weighted by molar-refractivity contribution is 0.178. The Morgan fingerprint density at radius 3 is 2.44 bits per heavy atom. The van der Waals surface area contributed by atoms with E-state index in [0.717, 1.165) is 23.7 Å². The van der Waals surface area contributed by atoms with E-state index in [2.05, 4.69) is 26.1 Å². The number of ether oxygens (including phenoxy) is 1. The molecule has 2 nitrogen and oxygen atoms in total. The fourth-order valence-electron chi connectivity index (χ4n) is 1.37. The van der Waals surface area contributed by atoms with Crippen LogP contribution in [0.3, 0.4) is 0 Å². The summed E-state index contributed by atoms with van der Waals surface area (Å²) in [6.45, 7) is 7.39. The SMILES string of the molecule is CCCNC(C)C(C)Oc1ccc(Cl)cc1. The number of halogens is 1. The van der Waals surface area contributed by atoms with Gasteiger partial charge < -0.3 is 10.1 Å². The van der Waals surface area contributed by atoms with Gasteiger partial charge in [-0.3, -0.25) is 0 Å². The first kappa shape index (κ1) is 13.3. The molecule has 0 bridgehead atoms. The average Bonchev–Trinajstić information content (AvgIpc) is 2.29. The van der Waals surface area contributed by atoms with E-state index < -0.39 is 0 Å². The Labute approximate surface area is 103 Å². The van der Waals surface area contributed by atoms with Gasteiger partial charge in [-0.25, -0.2) is 0 Å². The lowest BCUT2D eigenvalue weighted by Gasteiger charge is -2.22. The van der Waals surface area contributed by atoms with Crippen LogP contribution in [0.1, 0.15) is 27.2 Å². The summed E-state index contributed by atoms with van der Waals surface area (Å²) in [5.74, 6) is 0.863. The molecule has 0 saturated heterocycles. The van der Waals surface area contributed by atoms with E-state index in [1.807, 2.05) is 24.3 Å². The van der Waals surface area contributed by atoms with Crippen LogP contribution >= 0.6 is 11.6 Å². The van der Waals surface area contributed by atoms with Crippen molar-refractivity contribution in [3.05, 3.63) is 29.3 Å². The first-order valence-corrected chi connectivity index (χ1v) is 6.17. The molecule has 2 unspecified atom stereocenters. The lowest BCUT2D eigenvalue weighted by Crippen LogP contribution is -2.39. The molecule has 0 amide bonds. The fourth-order valence-corrected chi connectivity index (χ4v) is 1.49. The van der Waals surface area contributed by atoms with Crippen LogP contribution in [-0.4, -0.2) is 18.7 Å². The molecule has 3 heteroatoms. The zero-order chi connectivity index (χ0) is 12.0. The van der Waals surface area contributed by atoms with Crippen molar-refractivity contribution in [3.8, 4) is 5.75 Å². The van der Waals surface area contributed by atoms with Crippen LogP contribution in [0.25, 0.3) is 0 Å². The molecule has 1 aromatic rings. The van der Waals surface area contributed by atoms with Gasteiger partial charge in [-0.15, -0.1) is 0 Å². The summed E-state index contributed by atoms with van der Waals surface area (Å²) in [7, 11) is 0. The van der Waals surface area contributed by atoms with Crippen LogP contribution in [0.2, 0.25) is 5.02 Å². The summed E-state index contributed by atoms with van der Waals surface area (Å²) in [6, 6.07) is 7.81. The third-order valence-corrected chi connectivity index (χ3v) is 2.81. The normalized spacial score (nSPS) is 14.5. The van der Waals surface area contributed by atoms with Crippen molar-refractivity contribution < 1.29 is 4.74 Å². The highest BCUT2D eigenvalue weighted by Crippen LogP contribution is 2.17. The molecule has 0 aliphatic carbocycles. The van der Waals surface area contributed by atoms with E-state index in [4.69, 9.17) is 16.3 Å². The van der Waals surface area contributed by atoms with Gasteiger partial charge in [-0.2, -0.15) is 0 Å². The predicted octanol–water partition coefficient (Wildman–Crippen LogP) is 3.50. The Balaban J connectivity index is 2.43. The van der Waals surface area contributed by atoms with Gasteiger partial charge >= 0.3 is 0 Å². The highest BCUT2D eigenvalue weighted by molar-refractivity contribution is 6.30. The highest BCUT2D eigenvalue weighted by atomic mass is 35.5. The summed E-state index contributed by atoms with van der Waals surface area (Å²) in [4.78, 5) is 0. The second kappa shape index (κ2) is 6.77. The largest absolute Gasteiger partial charge is 0.489 e. The monoisotopic (exact) mass is 241 g/mol. The Bertz CT molecular complexity index is 299. The van der Waals surface area contributed by atoms with Crippen molar-refractivity contribution in [1.29, 1.82) is 0 Å². The third-order valence-electron chi connectivity index (χ3n) is 2.56. The summed E-state index contributed by atoms with van der Waals surface area (Å²) >= 11 is 5.81. The fraction of sp³-hybridized carbons (Fsp3) is 0.538. The molecule has 0 fully saturated rings. The van der Waals surface area contributed by atoms with Crippen LogP contribution in [-0.2, 0) is 0 Å². The van der Waals surface area contributed by atoms with Gasteiger partial charge in [-0.05, 0) is 51.1 Å². The zero-order valence-electron chi connectivity index (χ0n) is 10.2. The Hall–Kier alpha value is -0.730. The molecule has 0 heterocycles. The molecule has 0 aliphatic heterocycles. The quantitative estimate of drug-likeness (QED) is 0.823. The number of benzene rings is 1. The highest BCUT2D eigenvalue weighted by Gasteiger charge is 2.12. The molecular formula is C13H20ClNO. The van der Waals surface area contributed by atoms with Crippen LogP contribution < -0.4 is 10.1 Å². The smallest absolute Gasteiger partial charge is 0.119 e. The average molecular weight is 242 g/mol. The molecule has 1 rings (SSSR count). The summed E-state index contributed by atoms with van der Waals surface area (Å²) in [6.07, 6.45) is 1.28. The van der Waals surface area contributed by atoms with Gasteiger partial charge in [0, 0.05) is 11.1 Å². The first-order chi connectivity index (χ1) is 7.63. The minimum absolute atomic E-state index is 0.146. The summed E-state index contributed by atoms with van der Waals surface area (Å²) < 4.78 is 5.81. The van der Waals surface area contributed by atoms with E-state index in [-0.39, 0.29) is 6.10 Å². The summed E-state index contributed by atoms with van der Waals surface area (Å²) in [5.41, 5.74) is 0. The molecule has 16 heavy (non-hydrogen) atoms. The van der Waals surface area contributed by atoms with Crippen LogP contribution in [0, 0.1) is 0 Å². The maximum absolute atomic E-state index is 5.81. The molecule has 0 spiro atoms. The van der Waals surface area contributed by atoms with Gasteiger partial charge in [0.05, 0.1) is 0 Å². The van der Waals surface area contributed by atoms with Crippen molar-refractivity contribution in [3.63, 3.8) is 0 Å². The zero-order valence-corrected chi connectivity index (χ0v) is 10.9. The van der Waals surface area contributed by atoms with Crippen LogP contribution in [0.4, 0.5) is 0 Å². The molecule has 90 valence electrons. The Kier molecular flexibility index (Phi) is 5.64. The van der Waals surface area contributed by atoms with Crippen molar-refractivity contribution in [1.82, 2.24) is 5.32 Å². The third kappa shape index (κ3) is 4.42. The van der Waals surface area contributed by atoms with Gasteiger partial charge in [0.25, 0.3) is 0 Å². The maximum atomic E-state index is 5.81. The first-order valence-electron chi connectivity index (χ1n) is 5.79. The maximum Gasteiger partial charge on any atom is 0.119 e. The molecule has 0 radical (unpaired) electrons. The molecule has 1 N–H and O–H groups in total. The minimum atomic E-state index is 0.146. The molecule has 2 atom stereocenters. The van der Waals surface area contributed by atoms with Gasteiger partial charge in [0.2, 0.25) is 0 Å². The number of rotatable bonds is 6. The standard InChI is InChI=1S/C13H20ClNO/c1-4-9-15-10(2)11(3)16-13-7-5-12(14)6-8-13/h5-8,10-11,15H,4,9H2,1-3H3. The topological polar surface area (TPSA) is 21.3 Å². The van der Waals surface area contributed by atoms with Gasteiger partial charge in [-0.1, -0.05) is 18.5 Å². The Morgan fingerprint density at radius 2 is 1.88 bits per heavy atom. The predicted molar refractivity (Wildman–Crippen MR) is 69.3 cm³/mol. The van der Waals surface area contributed by atoms with Gasteiger partial charge in [0.1, 0.15) is 11.9 Å². The summed E-state index contributed by atoms with van der Waals surface area (Å²) in [5, 5.41) is 4.15.